The van der Waals surface area contributed by atoms with Crippen molar-refractivity contribution >= 4 is 23.3 Å². The van der Waals surface area contributed by atoms with Crippen LogP contribution >= 0.6 is 0 Å². The highest BCUT2D eigenvalue weighted by Crippen LogP contribution is 2.29. The molecule has 3 amide bonds. The van der Waals surface area contributed by atoms with E-state index in [1.807, 2.05) is 0 Å². The molecule has 34 heavy (non-hydrogen) atoms. The number of anilines is 1. The summed E-state index contributed by atoms with van der Waals surface area (Å²) in [5, 5.41) is 7.41. The van der Waals surface area contributed by atoms with Crippen LogP contribution in [0, 0.1) is 18.3 Å². The first-order valence-electron chi connectivity index (χ1n) is 11.5. The second-order valence-corrected chi connectivity index (χ2v) is 9.10. The van der Waals surface area contributed by atoms with Crippen LogP contribution in [0.15, 0.2) is 18.2 Å². The van der Waals surface area contributed by atoms with Gasteiger partial charge in [0.1, 0.15) is 11.5 Å². The molecule has 4 rings (SSSR count). The second kappa shape index (κ2) is 9.79. The number of nitrogens with zero attached hydrogens (tertiary/aromatic N) is 5. The fraction of sp³-hybridized carbons (Fsp3) is 0.500. The van der Waals surface area contributed by atoms with E-state index >= 15 is 0 Å². The quantitative estimate of drug-likeness (QED) is 0.659. The maximum absolute atomic E-state index is 13.6. The van der Waals surface area contributed by atoms with E-state index < -0.39 is 12.0 Å². The van der Waals surface area contributed by atoms with Crippen molar-refractivity contribution in [2.75, 3.05) is 25.5 Å². The van der Waals surface area contributed by atoms with Gasteiger partial charge in [-0.3, -0.25) is 9.48 Å². The lowest BCUT2D eigenvalue weighted by atomic mass is 10.0. The van der Waals surface area contributed by atoms with Gasteiger partial charge in [-0.15, -0.1) is 0 Å². The Labute approximate surface area is 197 Å². The van der Waals surface area contributed by atoms with Gasteiger partial charge in [-0.1, -0.05) is 6.42 Å². The average molecular weight is 471 g/mol. The number of carbonyl (C=O) groups excluding carboxylic acids is 2. The zero-order valence-corrected chi connectivity index (χ0v) is 19.4. The van der Waals surface area contributed by atoms with Crippen LogP contribution in [0.5, 0.6) is 0 Å². The predicted octanol–water partition coefficient (Wildman–Crippen LogP) is 4.39. The lowest BCUT2D eigenvalue weighted by Gasteiger charge is -2.27. The highest BCUT2D eigenvalue weighted by molar-refractivity contribution is 5.95. The first kappa shape index (κ1) is 23.7. The fourth-order valence-electron chi connectivity index (χ4n) is 4.67. The molecule has 2 aliphatic heterocycles. The summed E-state index contributed by atoms with van der Waals surface area (Å²) < 4.78 is 28.6. The fourth-order valence-corrected chi connectivity index (χ4v) is 4.67. The molecule has 0 radical (unpaired) electrons. The molecule has 1 N–H and O–H groups in total. The molecule has 10 heteroatoms. The van der Waals surface area contributed by atoms with Crippen molar-refractivity contribution in [2.24, 2.45) is 5.92 Å². The summed E-state index contributed by atoms with van der Waals surface area (Å²) in [6, 6.07) is 3.46. The van der Waals surface area contributed by atoms with Crippen molar-refractivity contribution in [2.45, 2.75) is 51.9 Å². The van der Waals surface area contributed by atoms with E-state index in [1.54, 1.807) is 28.5 Å². The number of aromatic nitrogens is 2. The number of urea groups is 1. The molecule has 0 saturated heterocycles. The zero-order chi connectivity index (χ0) is 24.4. The Morgan fingerprint density at radius 2 is 2.18 bits per heavy atom. The molecule has 0 spiro atoms. The lowest BCUT2D eigenvalue weighted by molar-refractivity contribution is 0.0776. The first-order chi connectivity index (χ1) is 16.3. The third kappa shape index (κ3) is 4.88. The molecule has 180 valence electrons. The Hall–Kier alpha value is -3.48. The normalized spacial score (nSPS) is 18.6. The molecule has 8 nitrogen and oxygen atoms in total. The van der Waals surface area contributed by atoms with Crippen LogP contribution in [0.1, 0.15) is 47.9 Å². The van der Waals surface area contributed by atoms with Crippen LogP contribution in [0.2, 0.25) is 0 Å². The van der Waals surface area contributed by atoms with Crippen LogP contribution in [-0.4, -0.2) is 57.8 Å². The number of benzene rings is 1. The summed E-state index contributed by atoms with van der Waals surface area (Å²) in [6.07, 6.45) is 1.76. The SMILES string of the molecule is [C-]#[N+]c1cc(NC(=O)N2CCc3nn4c(c3C2)C(=O)N(C)C[C@H](CCCC(C)F)C4)ccc1F. The lowest BCUT2D eigenvalue weighted by Crippen LogP contribution is -2.39. The number of hydrogen-bond donors (Lipinski definition) is 1. The van der Waals surface area contributed by atoms with Crippen LogP contribution in [0.4, 0.5) is 25.0 Å². The topological polar surface area (TPSA) is 74.8 Å². The zero-order valence-electron chi connectivity index (χ0n) is 19.4. The second-order valence-electron chi connectivity index (χ2n) is 9.10. The van der Waals surface area contributed by atoms with Crippen molar-refractivity contribution in [3.05, 3.63) is 52.4 Å². The third-order valence-electron chi connectivity index (χ3n) is 6.43. The van der Waals surface area contributed by atoms with Gasteiger partial charge in [-0.05, 0) is 43.9 Å². The van der Waals surface area contributed by atoms with E-state index in [-0.39, 0.29) is 30.1 Å². The predicted molar refractivity (Wildman–Crippen MR) is 123 cm³/mol. The van der Waals surface area contributed by atoms with Crippen molar-refractivity contribution in [1.29, 1.82) is 0 Å². The maximum atomic E-state index is 13.6. The monoisotopic (exact) mass is 470 g/mol. The molecular formula is C24H28F2N6O2. The van der Waals surface area contributed by atoms with Crippen LogP contribution in [-0.2, 0) is 19.5 Å². The van der Waals surface area contributed by atoms with Gasteiger partial charge in [0.15, 0.2) is 0 Å². The highest BCUT2D eigenvalue weighted by Gasteiger charge is 2.34. The van der Waals surface area contributed by atoms with Crippen LogP contribution in [0.3, 0.4) is 0 Å². The maximum Gasteiger partial charge on any atom is 0.322 e. The number of hydrogen-bond acceptors (Lipinski definition) is 3. The van der Waals surface area contributed by atoms with E-state index in [0.717, 1.165) is 30.2 Å². The van der Waals surface area contributed by atoms with Gasteiger partial charge in [0, 0.05) is 44.4 Å². The minimum Gasteiger partial charge on any atom is -0.340 e. The van der Waals surface area contributed by atoms with E-state index in [1.165, 1.54) is 12.1 Å². The smallest absolute Gasteiger partial charge is 0.322 e. The molecular weight excluding hydrogens is 442 g/mol. The number of alkyl halides is 1. The number of carbonyl (C=O) groups is 2. The van der Waals surface area contributed by atoms with E-state index in [2.05, 4.69) is 10.2 Å². The minimum absolute atomic E-state index is 0.127. The Bertz CT molecular complexity index is 1140. The number of fused-ring (bicyclic) bond motifs is 3. The molecule has 1 unspecified atom stereocenters. The molecule has 0 aliphatic carbocycles. The summed E-state index contributed by atoms with van der Waals surface area (Å²) in [4.78, 5) is 32.5. The molecule has 2 atom stereocenters. The van der Waals surface area contributed by atoms with Crippen LogP contribution < -0.4 is 5.32 Å². The Morgan fingerprint density at radius 1 is 1.38 bits per heavy atom. The summed E-state index contributed by atoms with van der Waals surface area (Å²) >= 11 is 0. The molecule has 0 bridgehead atoms. The van der Waals surface area contributed by atoms with E-state index in [4.69, 9.17) is 11.7 Å². The molecule has 3 heterocycles. The Morgan fingerprint density at radius 3 is 2.91 bits per heavy atom. The molecule has 0 fully saturated rings. The first-order valence-corrected chi connectivity index (χ1v) is 11.5. The summed E-state index contributed by atoms with van der Waals surface area (Å²) in [7, 11) is 1.76. The van der Waals surface area contributed by atoms with E-state index in [9.17, 15) is 18.4 Å². The van der Waals surface area contributed by atoms with Crippen molar-refractivity contribution < 1.29 is 18.4 Å². The third-order valence-corrected chi connectivity index (χ3v) is 6.43. The van der Waals surface area contributed by atoms with Gasteiger partial charge in [0.05, 0.1) is 25.0 Å². The highest BCUT2D eigenvalue weighted by atomic mass is 19.1. The minimum atomic E-state index is -0.835. The van der Waals surface area contributed by atoms with Crippen molar-refractivity contribution in [3.8, 4) is 0 Å². The van der Waals surface area contributed by atoms with Crippen molar-refractivity contribution in [1.82, 2.24) is 19.6 Å². The Kier molecular flexibility index (Phi) is 6.82. The molecule has 1 aromatic heterocycles. The van der Waals surface area contributed by atoms with Gasteiger partial charge in [0.25, 0.3) is 5.91 Å². The number of halogens is 2. The molecule has 1 aromatic carbocycles. The Balaban J connectivity index is 1.50. The van der Waals surface area contributed by atoms with Crippen LogP contribution in [0.25, 0.3) is 4.85 Å². The van der Waals surface area contributed by atoms with Crippen molar-refractivity contribution in [3.63, 3.8) is 0 Å². The number of rotatable bonds is 5. The van der Waals surface area contributed by atoms with Gasteiger partial charge < -0.3 is 15.1 Å². The molecule has 0 saturated carbocycles. The van der Waals surface area contributed by atoms with Gasteiger partial charge in [0.2, 0.25) is 5.69 Å². The van der Waals surface area contributed by atoms with Gasteiger partial charge in [-0.2, -0.15) is 5.10 Å². The largest absolute Gasteiger partial charge is 0.340 e. The standard InChI is InChI=1S/C24H28F2N6O2/c1-15(25)5-4-6-16-12-30(3)23(33)22-18-14-31(10-9-20(18)29-32(22)13-16)24(34)28-17-7-8-19(26)21(11-17)27-2/h7-8,11,15-16H,4-6,9-10,12-14H2,1,3H3,(H,28,34)/t15?,16-/m0/s1. The number of nitrogens with one attached hydrogen (secondary N) is 1. The van der Waals surface area contributed by atoms with E-state index in [0.29, 0.717) is 43.9 Å². The van der Waals surface area contributed by atoms with Gasteiger partial charge >= 0.3 is 6.03 Å². The number of amides is 3. The summed E-state index contributed by atoms with van der Waals surface area (Å²) in [6.45, 7) is 10.4. The summed E-state index contributed by atoms with van der Waals surface area (Å²) in [5.74, 6) is -0.583. The van der Waals surface area contributed by atoms with Gasteiger partial charge in [-0.25, -0.2) is 18.4 Å². The summed E-state index contributed by atoms with van der Waals surface area (Å²) in [5.41, 5.74) is 2.24. The molecule has 2 aliphatic rings. The molecule has 2 aromatic rings. The average Bonchev–Trinajstić information content (AvgIpc) is 3.10.